The van der Waals surface area contributed by atoms with Gasteiger partial charge in [0.15, 0.2) is 0 Å². The fourth-order valence-corrected chi connectivity index (χ4v) is 4.29. The summed E-state index contributed by atoms with van der Waals surface area (Å²) in [6, 6.07) is 3.96. The number of carbonyl (C=O) groups is 4. The van der Waals surface area contributed by atoms with Crippen molar-refractivity contribution in [2.45, 2.75) is 18.5 Å². The maximum atomic E-state index is 12.7. The number of β-lactam (4-membered cyclic amide) rings is 1. The molecule has 0 saturated carbocycles. The number of carbonyl (C=O) groups excluding carboxylic acids is 4. The summed E-state index contributed by atoms with van der Waals surface area (Å²) in [6.45, 7) is -0.147. The Kier molecular flexibility index (Phi) is 5.97. The summed E-state index contributed by atoms with van der Waals surface area (Å²) in [7, 11) is 0. The van der Waals surface area contributed by atoms with Gasteiger partial charge in [0.25, 0.3) is 5.91 Å². The van der Waals surface area contributed by atoms with Crippen LogP contribution in [0.15, 0.2) is 35.5 Å². The number of phenolic OH excluding ortho intramolecular Hbond substituents is 1. The summed E-state index contributed by atoms with van der Waals surface area (Å²) in [5.41, 5.74) is 5.36. The zero-order valence-corrected chi connectivity index (χ0v) is 18.0. The number of urea groups is 1. The summed E-state index contributed by atoms with van der Waals surface area (Å²) < 4.78 is 4.76. The number of nitrogens with one attached hydrogen (secondary N) is 1. The number of anilines is 1. The average molecular weight is 424 g/mol. The Morgan fingerprint density at radius 1 is 1.27 bits per heavy atom. The van der Waals surface area contributed by atoms with E-state index in [0.717, 1.165) is 4.90 Å². The number of nitrogens with two attached hydrogens (primary N) is 1. The molecule has 4 amide bonds. The quantitative estimate of drug-likeness (QED) is 0.251. The van der Waals surface area contributed by atoms with Crippen LogP contribution in [0.25, 0.3) is 0 Å². The van der Waals surface area contributed by atoms with Crippen molar-refractivity contribution in [1.29, 1.82) is 0 Å². The second kappa shape index (κ2) is 8.17. The van der Waals surface area contributed by atoms with E-state index in [-0.39, 0.29) is 65.6 Å². The molecule has 3 heterocycles. The Balaban J connectivity index is 0.00000256. The number of likely N-dealkylation sites (tertiary alicyclic amines) is 1. The van der Waals surface area contributed by atoms with Crippen LogP contribution in [0.2, 0.25) is 0 Å². The Morgan fingerprint density at radius 2 is 1.93 bits per heavy atom. The second-order valence-electron chi connectivity index (χ2n) is 6.98. The zero-order chi connectivity index (χ0) is 20.9. The topological polar surface area (TPSA) is 165 Å². The smallest absolute Gasteiger partial charge is 0.543 e. The van der Waals surface area contributed by atoms with Crippen LogP contribution in [0, 0.1) is 5.92 Å². The number of amides is 4. The van der Waals surface area contributed by atoms with Crippen molar-refractivity contribution in [3.05, 3.63) is 35.5 Å². The van der Waals surface area contributed by atoms with E-state index >= 15 is 0 Å². The number of carboxylic acid groups (broad SMARTS) is 1. The molecule has 1 unspecified atom stereocenters. The van der Waals surface area contributed by atoms with Crippen molar-refractivity contribution in [2.75, 3.05) is 18.5 Å². The number of primary amides is 1. The second-order valence-corrected chi connectivity index (χ2v) is 6.98. The molecule has 0 bridgehead atoms. The van der Waals surface area contributed by atoms with Gasteiger partial charge < -0.3 is 40.6 Å². The van der Waals surface area contributed by atoms with Gasteiger partial charge in [-0.15, -0.1) is 0 Å². The zero-order valence-electron chi connectivity index (χ0n) is 16.0. The molecule has 12 heteroatoms. The van der Waals surface area contributed by atoms with Crippen LogP contribution >= 0.6 is 0 Å². The van der Waals surface area contributed by atoms with Gasteiger partial charge in [0.05, 0.1) is 17.7 Å². The molecular weight excluding hydrogens is 407 g/mol. The molecule has 2 saturated heterocycles. The van der Waals surface area contributed by atoms with Crippen LogP contribution in [0.3, 0.4) is 0 Å². The Labute approximate surface area is 192 Å². The minimum atomic E-state index is -1.55. The molecule has 4 rings (SSSR count). The third-order valence-corrected chi connectivity index (χ3v) is 5.48. The maximum Gasteiger partial charge on any atom is 1.00 e. The maximum absolute atomic E-state index is 12.7. The van der Waals surface area contributed by atoms with E-state index in [2.05, 4.69) is 5.32 Å². The molecular formula is C18H17N4NaO7. The minimum Gasteiger partial charge on any atom is -0.543 e. The Morgan fingerprint density at radius 3 is 2.53 bits per heavy atom. The standard InChI is InChI=1S/C18H18N4O7.Na/c19-17(27)29-7-11-10-5-6-21(18(28)20-8-1-3-9(23)4-2-8)14-12(10)22(15(14)24)13(11)16(25)26;/h1-4,10,12,14,23H,5-7H2,(H2,19,27)(H,20,28)(H,25,26);/q;+1/p-1/t10?,12-,14+;/m1./s1. The predicted molar refractivity (Wildman–Crippen MR) is 93.9 cm³/mol. The number of aromatic hydroxyl groups is 1. The number of phenols is 1. The van der Waals surface area contributed by atoms with Crippen molar-refractivity contribution in [3.63, 3.8) is 0 Å². The van der Waals surface area contributed by atoms with Gasteiger partial charge >= 0.3 is 41.7 Å². The van der Waals surface area contributed by atoms with Gasteiger partial charge in [-0.25, -0.2) is 9.59 Å². The summed E-state index contributed by atoms with van der Waals surface area (Å²) in [5, 5.41) is 23.6. The van der Waals surface area contributed by atoms with Gasteiger partial charge in [-0.3, -0.25) is 4.79 Å². The van der Waals surface area contributed by atoms with E-state index in [1.807, 2.05) is 0 Å². The molecule has 3 aliphatic heterocycles. The summed E-state index contributed by atoms with van der Waals surface area (Å²) in [4.78, 5) is 50.4. The number of rotatable bonds is 4. The first kappa shape index (κ1) is 21.9. The molecule has 1 aromatic carbocycles. The van der Waals surface area contributed by atoms with E-state index in [9.17, 15) is 29.4 Å². The molecule has 152 valence electrons. The van der Waals surface area contributed by atoms with E-state index in [1.165, 1.54) is 29.2 Å². The number of aliphatic carboxylic acids is 1. The average Bonchev–Trinajstić information content (AvgIpc) is 3.00. The van der Waals surface area contributed by atoms with Crippen molar-refractivity contribution in [1.82, 2.24) is 9.80 Å². The van der Waals surface area contributed by atoms with Crippen LogP contribution in [0.4, 0.5) is 15.3 Å². The molecule has 4 N–H and O–H groups in total. The normalized spacial score (nSPS) is 23.9. The summed E-state index contributed by atoms with van der Waals surface area (Å²) in [5.74, 6) is -2.41. The van der Waals surface area contributed by atoms with Crippen LogP contribution in [-0.4, -0.2) is 64.1 Å². The first-order chi connectivity index (χ1) is 13.8. The molecule has 3 aliphatic rings. The predicted octanol–water partition coefficient (Wildman–Crippen LogP) is -4.06. The van der Waals surface area contributed by atoms with Gasteiger partial charge in [-0.2, -0.15) is 0 Å². The minimum absolute atomic E-state index is 0. The molecule has 1 aromatic rings. The number of nitrogens with zero attached hydrogens (tertiary/aromatic N) is 2. The van der Waals surface area contributed by atoms with Crippen molar-refractivity contribution < 1.29 is 63.7 Å². The molecule has 3 atom stereocenters. The van der Waals surface area contributed by atoms with Crippen LogP contribution in [0.1, 0.15) is 6.42 Å². The first-order valence-corrected chi connectivity index (χ1v) is 8.86. The molecule has 0 spiro atoms. The monoisotopic (exact) mass is 424 g/mol. The first-order valence-electron chi connectivity index (χ1n) is 8.86. The fourth-order valence-electron chi connectivity index (χ4n) is 4.29. The number of carboxylic acids is 1. The fraction of sp³-hybridized carbons (Fsp3) is 0.333. The number of ether oxygens (including phenoxy) is 1. The third-order valence-electron chi connectivity index (χ3n) is 5.48. The van der Waals surface area contributed by atoms with Crippen LogP contribution in [-0.2, 0) is 14.3 Å². The SMILES string of the molecule is NC(=O)OCC1=C(C(=O)[O-])N2C(=O)[C@@H]3[C@H]2C1CCN3C(=O)Nc1ccc(O)cc1.[Na+]. The van der Waals surface area contributed by atoms with E-state index in [0.29, 0.717) is 12.1 Å². The van der Waals surface area contributed by atoms with Gasteiger partial charge in [-0.05, 0) is 36.3 Å². The van der Waals surface area contributed by atoms with Crippen LogP contribution in [0.5, 0.6) is 5.75 Å². The van der Waals surface area contributed by atoms with Gasteiger partial charge in [0.1, 0.15) is 18.4 Å². The summed E-state index contributed by atoms with van der Waals surface area (Å²) >= 11 is 0. The number of piperidine rings is 1. The molecule has 30 heavy (non-hydrogen) atoms. The van der Waals surface area contributed by atoms with Crippen molar-refractivity contribution in [2.24, 2.45) is 11.7 Å². The van der Waals surface area contributed by atoms with Crippen molar-refractivity contribution in [3.8, 4) is 5.75 Å². The van der Waals surface area contributed by atoms with E-state index in [1.54, 1.807) is 0 Å². The molecule has 11 nitrogen and oxygen atoms in total. The van der Waals surface area contributed by atoms with Crippen molar-refractivity contribution >= 4 is 29.7 Å². The summed E-state index contributed by atoms with van der Waals surface area (Å²) in [6.07, 6.45) is -0.680. The van der Waals surface area contributed by atoms with E-state index < -0.39 is 36.1 Å². The Bertz CT molecular complexity index is 948. The molecule has 0 aliphatic carbocycles. The number of hydrogen-bond donors (Lipinski definition) is 3. The largest absolute Gasteiger partial charge is 1.00 e. The molecule has 0 aromatic heterocycles. The third kappa shape index (κ3) is 3.48. The molecule has 2 fully saturated rings. The molecule has 0 radical (unpaired) electrons. The van der Waals surface area contributed by atoms with E-state index in [4.69, 9.17) is 10.5 Å². The number of benzene rings is 1. The van der Waals surface area contributed by atoms with Gasteiger partial charge in [-0.1, -0.05) is 0 Å². The van der Waals surface area contributed by atoms with Crippen LogP contribution < -0.4 is 45.7 Å². The van der Waals surface area contributed by atoms with Gasteiger partial charge in [0, 0.05) is 18.2 Å². The number of hydrogen-bond acceptors (Lipinski definition) is 7. The Hall–Kier alpha value is -2.76. The van der Waals surface area contributed by atoms with Gasteiger partial charge in [0.2, 0.25) is 0 Å².